The lowest BCUT2D eigenvalue weighted by atomic mass is 9.95. The highest BCUT2D eigenvalue weighted by molar-refractivity contribution is 9.10. The molecule has 130 valence electrons. The van der Waals surface area contributed by atoms with Crippen LogP contribution in [0, 0.1) is 5.92 Å². The van der Waals surface area contributed by atoms with Crippen molar-refractivity contribution in [2.24, 2.45) is 5.92 Å². The Morgan fingerprint density at radius 3 is 2.67 bits per heavy atom. The molecule has 0 spiro atoms. The van der Waals surface area contributed by atoms with E-state index in [0.29, 0.717) is 23.6 Å². The molecule has 1 aromatic rings. The van der Waals surface area contributed by atoms with Crippen LogP contribution in [0.5, 0.6) is 5.75 Å². The topological polar surface area (TPSA) is 76.7 Å². The molecule has 0 saturated heterocycles. The molecule has 1 heterocycles. The normalized spacial score (nSPS) is 17.4. The molecule has 2 rings (SSSR count). The Labute approximate surface area is 149 Å². The first-order valence-electron chi connectivity index (χ1n) is 7.62. The van der Waals surface area contributed by atoms with Gasteiger partial charge < -0.3 is 20.1 Å². The van der Waals surface area contributed by atoms with E-state index in [-0.39, 0.29) is 11.9 Å². The zero-order valence-electron chi connectivity index (χ0n) is 14.1. The number of hydrogen-bond acceptors (Lipinski definition) is 4. The molecule has 1 aliphatic rings. The number of carbonyl (C=O) groups excluding carboxylic acids is 2. The van der Waals surface area contributed by atoms with E-state index >= 15 is 0 Å². The fourth-order valence-corrected chi connectivity index (χ4v) is 2.96. The van der Waals surface area contributed by atoms with Gasteiger partial charge in [-0.25, -0.2) is 9.59 Å². The molecule has 6 nitrogen and oxygen atoms in total. The molecule has 0 saturated carbocycles. The van der Waals surface area contributed by atoms with Crippen LogP contribution in [0.3, 0.4) is 0 Å². The number of hydrogen-bond donors (Lipinski definition) is 2. The Morgan fingerprint density at radius 1 is 1.38 bits per heavy atom. The second-order valence-corrected chi connectivity index (χ2v) is 6.81. The van der Waals surface area contributed by atoms with Gasteiger partial charge in [0.15, 0.2) is 0 Å². The molecule has 0 radical (unpaired) electrons. The maximum atomic E-state index is 12.5. The number of benzene rings is 1. The van der Waals surface area contributed by atoms with E-state index in [1.165, 1.54) is 0 Å². The van der Waals surface area contributed by atoms with E-state index in [9.17, 15) is 9.59 Å². The highest BCUT2D eigenvalue weighted by Gasteiger charge is 2.32. The third kappa shape index (κ3) is 4.08. The maximum Gasteiger partial charge on any atom is 0.338 e. The molecule has 2 N–H and O–H groups in total. The molecule has 1 aliphatic heterocycles. The van der Waals surface area contributed by atoms with Crippen molar-refractivity contribution < 1.29 is 19.1 Å². The zero-order chi connectivity index (χ0) is 17.9. The van der Waals surface area contributed by atoms with E-state index in [1.54, 1.807) is 20.1 Å². The number of ether oxygens (including phenoxy) is 2. The van der Waals surface area contributed by atoms with Gasteiger partial charge in [0.2, 0.25) is 0 Å². The Kier molecular flexibility index (Phi) is 5.88. The SMILES string of the molecule is COc1ccc([C@@H]2NC(=O)NC(C)=C2C(=O)OCC(C)C)cc1Br. The van der Waals surface area contributed by atoms with Crippen LogP contribution in [-0.4, -0.2) is 25.7 Å². The van der Waals surface area contributed by atoms with Crippen LogP contribution in [0.1, 0.15) is 32.4 Å². The molecule has 0 aromatic heterocycles. The molecule has 1 atom stereocenters. The van der Waals surface area contributed by atoms with Crippen molar-refractivity contribution in [1.82, 2.24) is 10.6 Å². The number of nitrogens with one attached hydrogen (secondary N) is 2. The minimum Gasteiger partial charge on any atom is -0.496 e. The fraction of sp³-hybridized carbons (Fsp3) is 0.412. The first-order valence-corrected chi connectivity index (χ1v) is 8.41. The van der Waals surface area contributed by atoms with Gasteiger partial charge in [-0.1, -0.05) is 19.9 Å². The van der Waals surface area contributed by atoms with E-state index in [4.69, 9.17) is 9.47 Å². The minimum atomic E-state index is -0.583. The van der Waals surface area contributed by atoms with Gasteiger partial charge in [-0.05, 0) is 46.5 Å². The Bertz CT molecular complexity index is 685. The van der Waals surface area contributed by atoms with Gasteiger partial charge in [-0.15, -0.1) is 0 Å². The van der Waals surface area contributed by atoms with Crippen molar-refractivity contribution in [2.45, 2.75) is 26.8 Å². The molecule has 0 bridgehead atoms. The summed E-state index contributed by atoms with van der Waals surface area (Å²) < 4.78 is 11.3. The quantitative estimate of drug-likeness (QED) is 0.748. The Hall–Kier alpha value is -2.02. The molecule has 1 aromatic carbocycles. The van der Waals surface area contributed by atoms with Gasteiger partial charge in [0.1, 0.15) is 5.75 Å². The molecule has 7 heteroatoms. The fourth-order valence-electron chi connectivity index (χ4n) is 2.40. The summed E-state index contributed by atoms with van der Waals surface area (Å²) in [6, 6.07) is 4.46. The van der Waals surface area contributed by atoms with Gasteiger partial charge >= 0.3 is 12.0 Å². The van der Waals surface area contributed by atoms with Gasteiger partial charge in [0.05, 0.1) is 29.8 Å². The first-order chi connectivity index (χ1) is 11.3. The summed E-state index contributed by atoms with van der Waals surface area (Å²) in [6.07, 6.45) is 0. The molecular weight excluding hydrogens is 376 g/mol. The molecule has 2 amide bonds. The average molecular weight is 397 g/mol. The summed E-state index contributed by atoms with van der Waals surface area (Å²) in [7, 11) is 1.57. The lowest BCUT2D eigenvalue weighted by molar-refractivity contribution is -0.140. The number of allylic oxidation sites excluding steroid dienone is 1. The number of urea groups is 1. The number of methoxy groups -OCH3 is 1. The van der Waals surface area contributed by atoms with Crippen LogP contribution < -0.4 is 15.4 Å². The van der Waals surface area contributed by atoms with Gasteiger partial charge in [-0.3, -0.25) is 0 Å². The van der Waals surface area contributed by atoms with Gasteiger partial charge in [0.25, 0.3) is 0 Å². The van der Waals surface area contributed by atoms with Crippen LogP contribution >= 0.6 is 15.9 Å². The summed E-state index contributed by atoms with van der Waals surface area (Å²) in [4.78, 5) is 24.4. The first kappa shape index (κ1) is 18.3. The second kappa shape index (κ2) is 7.70. The second-order valence-electron chi connectivity index (χ2n) is 5.96. The summed E-state index contributed by atoms with van der Waals surface area (Å²) >= 11 is 3.43. The summed E-state index contributed by atoms with van der Waals surface area (Å²) in [5, 5.41) is 5.40. The summed E-state index contributed by atoms with van der Waals surface area (Å²) in [5.74, 6) is 0.462. The number of carbonyl (C=O) groups is 2. The van der Waals surface area contributed by atoms with E-state index in [2.05, 4.69) is 26.6 Å². The van der Waals surface area contributed by atoms with Crippen molar-refractivity contribution in [3.8, 4) is 5.75 Å². The predicted molar refractivity (Wildman–Crippen MR) is 93.6 cm³/mol. The zero-order valence-corrected chi connectivity index (χ0v) is 15.7. The highest BCUT2D eigenvalue weighted by Crippen LogP contribution is 2.33. The van der Waals surface area contributed by atoms with Crippen molar-refractivity contribution in [3.05, 3.63) is 39.5 Å². The Balaban J connectivity index is 2.37. The van der Waals surface area contributed by atoms with Gasteiger partial charge in [-0.2, -0.15) is 0 Å². The number of amides is 2. The Morgan fingerprint density at radius 2 is 2.08 bits per heavy atom. The predicted octanol–water partition coefficient (Wildman–Crippen LogP) is 3.28. The molecule has 0 aliphatic carbocycles. The lowest BCUT2D eigenvalue weighted by Crippen LogP contribution is -2.45. The maximum absolute atomic E-state index is 12.5. The molecule has 0 fully saturated rings. The number of halogens is 1. The summed E-state index contributed by atoms with van der Waals surface area (Å²) in [6.45, 7) is 5.94. The van der Waals surface area contributed by atoms with Crippen LogP contribution in [-0.2, 0) is 9.53 Å². The highest BCUT2D eigenvalue weighted by atomic mass is 79.9. The van der Waals surface area contributed by atoms with Crippen LogP contribution in [0.2, 0.25) is 0 Å². The molecule has 0 unspecified atom stereocenters. The summed E-state index contributed by atoms with van der Waals surface area (Å²) in [5.41, 5.74) is 1.64. The van der Waals surface area contributed by atoms with Crippen molar-refractivity contribution >= 4 is 27.9 Å². The third-order valence-electron chi connectivity index (χ3n) is 3.55. The largest absolute Gasteiger partial charge is 0.496 e. The van der Waals surface area contributed by atoms with Gasteiger partial charge in [0, 0.05) is 5.70 Å². The van der Waals surface area contributed by atoms with Crippen molar-refractivity contribution in [3.63, 3.8) is 0 Å². The average Bonchev–Trinajstić information content (AvgIpc) is 2.51. The van der Waals surface area contributed by atoms with Crippen LogP contribution in [0.15, 0.2) is 33.9 Å². The standard InChI is InChI=1S/C17H21BrN2O4/c1-9(2)8-24-16(21)14-10(3)19-17(22)20-15(14)11-5-6-13(23-4)12(18)7-11/h5-7,9,15H,8H2,1-4H3,(H2,19,20,22)/t15-/m0/s1. The molecule has 24 heavy (non-hydrogen) atoms. The third-order valence-corrected chi connectivity index (χ3v) is 4.17. The lowest BCUT2D eigenvalue weighted by Gasteiger charge is -2.28. The van der Waals surface area contributed by atoms with E-state index < -0.39 is 12.0 Å². The van der Waals surface area contributed by atoms with Crippen LogP contribution in [0.4, 0.5) is 4.79 Å². The van der Waals surface area contributed by atoms with Crippen molar-refractivity contribution in [2.75, 3.05) is 13.7 Å². The number of rotatable bonds is 5. The monoisotopic (exact) mass is 396 g/mol. The smallest absolute Gasteiger partial charge is 0.338 e. The van der Waals surface area contributed by atoms with E-state index in [0.717, 1.165) is 10.0 Å². The van der Waals surface area contributed by atoms with E-state index in [1.807, 2.05) is 26.0 Å². The number of esters is 1. The molecular formula is C17H21BrN2O4. The minimum absolute atomic E-state index is 0.231. The van der Waals surface area contributed by atoms with Crippen molar-refractivity contribution in [1.29, 1.82) is 0 Å². The van der Waals surface area contributed by atoms with Crippen LogP contribution in [0.25, 0.3) is 0 Å².